The van der Waals surface area contributed by atoms with Crippen LogP contribution < -0.4 is 10.6 Å². The summed E-state index contributed by atoms with van der Waals surface area (Å²) in [5.74, 6) is -0.433. The summed E-state index contributed by atoms with van der Waals surface area (Å²) in [6.07, 6.45) is 4.35. The van der Waals surface area contributed by atoms with Crippen LogP contribution in [0.5, 0.6) is 0 Å². The lowest BCUT2D eigenvalue weighted by Crippen LogP contribution is -2.55. The monoisotopic (exact) mass is 496 g/mol. The number of hydrogen-bond acceptors (Lipinski definition) is 3. The van der Waals surface area contributed by atoms with E-state index < -0.39 is 6.04 Å². The van der Waals surface area contributed by atoms with Gasteiger partial charge >= 0.3 is 6.03 Å². The summed E-state index contributed by atoms with van der Waals surface area (Å²) in [6, 6.07) is 13.8. The lowest BCUT2D eigenvalue weighted by molar-refractivity contribution is -0.136. The molecule has 0 saturated carbocycles. The van der Waals surface area contributed by atoms with Gasteiger partial charge in [-0.25, -0.2) is 4.79 Å². The number of amides is 4. The minimum Gasteiger partial charge on any atom is -0.341 e. The summed E-state index contributed by atoms with van der Waals surface area (Å²) >= 11 is 6.24. The predicted molar refractivity (Wildman–Crippen MR) is 138 cm³/mol. The maximum absolute atomic E-state index is 13.5. The van der Waals surface area contributed by atoms with Gasteiger partial charge in [0.25, 0.3) is 5.91 Å². The molecular formula is C27H33ClN4O3. The first-order valence-electron chi connectivity index (χ1n) is 12.4. The third kappa shape index (κ3) is 6.34. The summed E-state index contributed by atoms with van der Waals surface area (Å²) in [6.45, 7) is 4.48. The maximum Gasteiger partial charge on any atom is 0.321 e. The van der Waals surface area contributed by atoms with Crippen LogP contribution in [0.25, 0.3) is 0 Å². The molecule has 2 saturated heterocycles. The van der Waals surface area contributed by atoms with Crippen molar-refractivity contribution in [3.8, 4) is 0 Å². The molecular weight excluding hydrogens is 464 g/mol. The van der Waals surface area contributed by atoms with Gasteiger partial charge in [-0.3, -0.25) is 9.59 Å². The van der Waals surface area contributed by atoms with Gasteiger partial charge in [-0.05, 0) is 69.2 Å². The molecule has 2 heterocycles. The minimum atomic E-state index is -0.640. The Balaban J connectivity index is 1.42. The zero-order valence-electron chi connectivity index (χ0n) is 20.1. The molecule has 4 rings (SSSR count). The van der Waals surface area contributed by atoms with Crippen LogP contribution in [-0.4, -0.2) is 59.9 Å². The number of urea groups is 1. The fourth-order valence-electron chi connectivity index (χ4n) is 4.83. The van der Waals surface area contributed by atoms with Gasteiger partial charge in [-0.1, -0.05) is 41.4 Å². The molecule has 186 valence electrons. The Kier molecular flexibility index (Phi) is 8.29. The number of piperidine rings is 2. The van der Waals surface area contributed by atoms with Gasteiger partial charge < -0.3 is 20.4 Å². The number of likely N-dealkylation sites (tertiary alicyclic amines) is 2. The van der Waals surface area contributed by atoms with Crippen LogP contribution in [0.2, 0.25) is 5.02 Å². The van der Waals surface area contributed by atoms with Gasteiger partial charge in [0.2, 0.25) is 5.91 Å². The van der Waals surface area contributed by atoms with Crippen molar-refractivity contribution in [2.45, 2.75) is 45.1 Å². The van der Waals surface area contributed by atoms with Crippen molar-refractivity contribution in [1.82, 2.24) is 15.1 Å². The number of aryl methyl sites for hydroxylation is 1. The second-order valence-corrected chi connectivity index (χ2v) is 9.84. The zero-order chi connectivity index (χ0) is 24.8. The van der Waals surface area contributed by atoms with E-state index in [9.17, 15) is 14.4 Å². The Morgan fingerprint density at radius 1 is 0.886 bits per heavy atom. The minimum absolute atomic E-state index is 0.0346. The Bertz CT molecular complexity index is 1040. The molecule has 0 radical (unpaired) electrons. The number of carbonyl (C=O) groups excluding carboxylic acids is 3. The third-order valence-electron chi connectivity index (χ3n) is 6.94. The number of anilines is 1. The highest BCUT2D eigenvalue weighted by atomic mass is 35.5. The van der Waals surface area contributed by atoms with E-state index in [4.69, 9.17) is 11.6 Å². The number of rotatable bonds is 5. The fourth-order valence-corrected chi connectivity index (χ4v) is 5.05. The Labute approximate surface area is 211 Å². The van der Waals surface area contributed by atoms with E-state index in [2.05, 4.69) is 10.6 Å². The highest BCUT2D eigenvalue weighted by Crippen LogP contribution is 2.25. The van der Waals surface area contributed by atoms with Crippen molar-refractivity contribution >= 4 is 35.1 Å². The van der Waals surface area contributed by atoms with Gasteiger partial charge in [0.1, 0.15) is 6.04 Å². The number of nitrogens with zero attached hydrogens (tertiary/aromatic N) is 2. The lowest BCUT2D eigenvalue weighted by Gasteiger charge is -2.38. The predicted octanol–water partition coefficient (Wildman–Crippen LogP) is 4.70. The van der Waals surface area contributed by atoms with Crippen molar-refractivity contribution in [2.24, 2.45) is 5.92 Å². The van der Waals surface area contributed by atoms with Crippen molar-refractivity contribution in [3.05, 3.63) is 64.7 Å². The summed E-state index contributed by atoms with van der Waals surface area (Å²) in [7, 11) is 0. The van der Waals surface area contributed by atoms with E-state index in [0.717, 1.165) is 43.6 Å². The molecule has 4 amide bonds. The topological polar surface area (TPSA) is 81.8 Å². The molecule has 1 atom stereocenters. The first kappa shape index (κ1) is 25.0. The average molecular weight is 497 g/mol. The number of carbonyl (C=O) groups is 3. The zero-order valence-corrected chi connectivity index (χ0v) is 20.9. The number of hydrogen-bond donors (Lipinski definition) is 2. The van der Waals surface area contributed by atoms with E-state index in [1.807, 2.05) is 36.1 Å². The smallest absolute Gasteiger partial charge is 0.321 e. The standard InChI is InChI=1S/C27H33ClN4O3/c1-19-9-11-21(12-10-19)29-27(35)32-17-13-20(14-18-32)24(26(34)31-15-5-2-6-16-31)30-25(33)22-7-3-4-8-23(22)28/h3-4,7-12,20,24H,2,5-6,13-18H2,1H3,(H,29,35)(H,30,33)/t24-/m1/s1. The molecule has 2 aromatic rings. The normalized spacial score (nSPS) is 17.5. The van der Waals surface area contributed by atoms with Gasteiger partial charge in [0.15, 0.2) is 0 Å². The molecule has 0 spiro atoms. The van der Waals surface area contributed by atoms with Gasteiger partial charge in [0.05, 0.1) is 10.6 Å². The van der Waals surface area contributed by atoms with Crippen LogP contribution in [-0.2, 0) is 4.79 Å². The van der Waals surface area contributed by atoms with Gasteiger partial charge in [0, 0.05) is 31.9 Å². The number of nitrogens with one attached hydrogen (secondary N) is 2. The summed E-state index contributed by atoms with van der Waals surface area (Å²) < 4.78 is 0. The molecule has 2 fully saturated rings. The molecule has 2 aromatic carbocycles. The molecule has 8 heteroatoms. The molecule has 0 aliphatic carbocycles. The van der Waals surface area contributed by atoms with Crippen molar-refractivity contribution in [3.63, 3.8) is 0 Å². The van der Waals surface area contributed by atoms with Crippen LogP contribution in [0.3, 0.4) is 0 Å². The van der Waals surface area contributed by atoms with Crippen LogP contribution in [0.15, 0.2) is 48.5 Å². The third-order valence-corrected chi connectivity index (χ3v) is 7.27. The Hall–Kier alpha value is -3.06. The van der Waals surface area contributed by atoms with E-state index in [0.29, 0.717) is 36.5 Å². The first-order chi connectivity index (χ1) is 16.9. The largest absolute Gasteiger partial charge is 0.341 e. The highest BCUT2D eigenvalue weighted by Gasteiger charge is 2.36. The molecule has 2 aliphatic rings. The average Bonchev–Trinajstić information content (AvgIpc) is 2.89. The van der Waals surface area contributed by atoms with Crippen molar-refractivity contribution < 1.29 is 14.4 Å². The SMILES string of the molecule is Cc1ccc(NC(=O)N2CCC([C@@H](NC(=O)c3ccccc3Cl)C(=O)N3CCCCC3)CC2)cc1. The highest BCUT2D eigenvalue weighted by molar-refractivity contribution is 6.33. The van der Waals surface area contributed by atoms with E-state index in [-0.39, 0.29) is 23.8 Å². The summed E-state index contributed by atoms with van der Waals surface area (Å²) in [5.41, 5.74) is 2.25. The molecule has 2 aliphatic heterocycles. The van der Waals surface area contributed by atoms with Crippen LogP contribution >= 0.6 is 11.6 Å². The first-order valence-corrected chi connectivity index (χ1v) is 12.8. The lowest BCUT2D eigenvalue weighted by atomic mass is 9.88. The van der Waals surface area contributed by atoms with E-state index >= 15 is 0 Å². The van der Waals surface area contributed by atoms with E-state index in [1.54, 1.807) is 29.2 Å². The summed E-state index contributed by atoms with van der Waals surface area (Å²) in [5, 5.41) is 6.30. The van der Waals surface area contributed by atoms with Gasteiger partial charge in [-0.15, -0.1) is 0 Å². The van der Waals surface area contributed by atoms with Crippen LogP contribution in [0.1, 0.15) is 48.0 Å². The fraction of sp³-hybridized carbons (Fsp3) is 0.444. The Morgan fingerprint density at radius 3 is 2.20 bits per heavy atom. The van der Waals surface area contributed by atoms with Crippen LogP contribution in [0.4, 0.5) is 10.5 Å². The van der Waals surface area contributed by atoms with Crippen molar-refractivity contribution in [1.29, 1.82) is 0 Å². The quantitative estimate of drug-likeness (QED) is 0.629. The van der Waals surface area contributed by atoms with Crippen molar-refractivity contribution in [2.75, 3.05) is 31.5 Å². The summed E-state index contributed by atoms with van der Waals surface area (Å²) in [4.78, 5) is 43.0. The molecule has 0 bridgehead atoms. The molecule has 0 unspecified atom stereocenters. The molecule has 0 aromatic heterocycles. The second kappa shape index (κ2) is 11.6. The van der Waals surface area contributed by atoms with E-state index in [1.165, 1.54) is 0 Å². The second-order valence-electron chi connectivity index (χ2n) is 9.44. The molecule has 2 N–H and O–H groups in total. The number of benzene rings is 2. The number of halogens is 1. The van der Waals surface area contributed by atoms with Gasteiger partial charge in [-0.2, -0.15) is 0 Å². The Morgan fingerprint density at radius 2 is 1.54 bits per heavy atom. The molecule has 35 heavy (non-hydrogen) atoms. The maximum atomic E-state index is 13.5. The van der Waals surface area contributed by atoms with Crippen LogP contribution in [0, 0.1) is 12.8 Å². The molecule has 7 nitrogen and oxygen atoms in total.